The number of fused-ring (bicyclic) bond motifs is 1. The van der Waals surface area contributed by atoms with Crippen LogP contribution in [0.15, 0.2) is 60.8 Å². The van der Waals surface area contributed by atoms with E-state index in [2.05, 4.69) is 39.1 Å². The van der Waals surface area contributed by atoms with Gasteiger partial charge in [-0.25, -0.2) is 4.98 Å². The Labute approximate surface area is 112 Å². The Kier molecular flexibility index (Phi) is 3.11. The molecule has 0 saturated heterocycles. The molecule has 0 radical (unpaired) electrons. The summed E-state index contributed by atoms with van der Waals surface area (Å²) in [7, 11) is 2.03. The normalized spacial score (nSPS) is 10.6. The van der Waals surface area contributed by atoms with Gasteiger partial charge in [0, 0.05) is 13.6 Å². The van der Waals surface area contributed by atoms with E-state index < -0.39 is 0 Å². The number of para-hydroxylation sites is 2. The molecule has 0 N–H and O–H groups in total. The van der Waals surface area contributed by atoms with Crippen molar-refractivity contribution in [2.45, 2.75) is 6.54 Å². The maximum atomic E-state index is 4.63. The molecule has 2 aromatic carbocycles. The fraction of sp³-hybridized carbons (Fsp3) is 0.125. The predicted molar refractivity (Wildman–Crippen MR) is 78.1 cm³/mol. The molecule has 3 heteroatoms. The highest BCUT2D eigenvalue weighted by Crippen LogP contribution is 2.15. The van der Waals surface area contributed by atoms with E-state index >= 15 is 0 Å². The van der Waals surface area contributed by atoms with Gasteiger partial charge in [-0.05, 0) is 17.7 Å². The summed E-state index contributed by atoms with van der Waals surface area (Å²) >= 11 is 0. The number of hydrogen-bond acceptors (Lipinski definition) is 3. The van der Waals surface area contributed by atoms with E-state index in [0.717, 1.165) is 23.4 Å². The highest BCUT2D eigenvalue weighted by Gasteiger charge is 2.05. The zero-order chi connectivity index (χ0) is 13.1. The van der Waals surface area contributed by atoms with Gasteiger partial charge in [-0.1, -0.05) is 42.5 Å². The van der Waals surface area contributed by atoms with E-state index in [1.165, 1.54) is 5.56 Å². The number of hydrogen-bond donors (Lipinski definition) is 0. The van der Waals surface area contributed by atoms with Crippen LogP contribution in [0.4, 0.5) is 5.82 Å². The van der Waals surface area contributed by atoms with E-state index in [9.17, 15) is 0 Å². The van der Waals surface area contributed by atoms with Crippen molar-refractivity contribution in [2.24, 2.45) is 0 Å². The molecule has 0 aliphatic carbocycles. The van der Waals surface area contributed by atoms with Gasteiger partial charge < -0.3 is 4.90 Å². The monoisotopic (exact) mass is 249 g/mol. The van der Waals surface area contributed by atoms with Crippen LogP contribution >= 0.6 is 0 Å². The van der Waals surface area contributed by atoms with Gasteiger partial charge in [-0.3, -0.25) is 4.98 Å². The van der Waals surface area contributed by atoms with Gasteiger partial charge in [-0.15, -0.1) is 0 Å². The summed E-state index contributed by atoms with van der Waals surface area (Å²) in [6.45, 7) is 0.827. The van der Waals surface area contributed by atoms with Crippen LogP contribution in [0.2, 0.25) is 0 Å². The molecule has 3 nitrogen and oxygen atoms in total. The minimum atomic E-state index is 0.827. The highest BCUT2D eigenvalue weighted by molar-refractivity contribution is 5.75. The SMILES string of the molecule is CN(Cc1ccccc1)c1cnc2ccccc2n1. The molecule has 0 unspecified atom stereocenters. The van der Waals surface area contributed by atoms with Crippen LogP contribution in [-0.4, -0.2) is 17.0 Å². The second-order valence-corrected chi connectivity index (χ2v) is 4.56. The zero-order valence-electron chi connectivity index (χ0n) is 10.8. The van der Waals surface area contributed by atoms with Crippen LogP contribution in [0, 0.1) is 0 Å². The molecule has 0 bridgehead atoms. The third-order valence-electron chi connectivity index (χ3n) is 3.09. The Hall–Kier alpha value is -2.42. The Morgan fingerprint density at radius 3 is 2.37 bits per heavy atom. The zero-order valence-corrected chi connectivity index (χ0v) is 10.8. The second-order valence-electron chi connectivity index (χ2n) is 4.56. The van der Waals surface area contributed by atoms with Crippen molar-refractivity contribution in [3.63, 3.8) is 0 Å². The van der Waals surface area contributed by atoms with Gasteiger partial charge in [0.25, 0.3) is 0 Å². The van der Waals surface area contributed by atoms with Gasteiger partial charge >= 0.3 is 0 Å². The fourth-order valence-corrected chi connectivity index (χ4v) is 2.07. The summed E-state index contributed by atoms with van der Waals surface area (Å²) < 4.78 is 0. The van der Waals surface area contributed by atoms with Crippen LogP contribution in [0.3, 0.4) is 0 Å². The minimum Gasteiger partial charge on any atom is -0.354 e. The molecular weight excluding hydrogens is 234 g/mol. The topological polar surface area (TPSA) is 29.0 Å². The average molecular weight is 249 g/mol. The van der Waals surface area contributed by atoms with Crippen molar-refractivity contribution in [3.8, 4) is 0 Å². The summed E-state index contributed by atoms with van der Waals surface area (Å²) in [4.78, 5) is 11.2. The van der Waals surface area contributed by atoms with Crippen LogP contribution in [0.1, 0.15) is 5.56 Å². The first-order chi connectivity index (χ1) is 9.33. The summed E-state index contributed by atoms with van der Waals surface area (Å²) in [5.74, 6) is 0.891. The first-order valence-electron chi connectivity index (χ1n) is 6.30. The van der Waals surface area contributed by atoms with Crippen molar-refractivity contribution in [1.82, 2.24) is 9.97 Å². The predicted octanol–water partition coefficient (Wildman–Crippen LogP) is 3.27. The molecule has 0 fully saturated rings. The average Bonchev–Trinajstić information content (AvgIpc) is 2.48. The lowest BCUT2D eigenvalue weighted by Crippen LogP contribution is -2.17. The van der Waals surface area contributed by atoms with Gasteiger partial charge in [0.2, 0.25) is 0 Å². The van der Waals surface area contributed by atoms with Crippen molar-refractivity contribution in [1.29, 1.82) is 0 Å². The van der Waals surface area contributed by atoms with Gasteiger partial charge in [0.1, 0.15) is 5.82 Å². The molecular formula is C16H15N3. The number of benzene rings is 2. The van der Waals surface area contributed by atoms with Crippen LogP contribution in [0.25, 0.3) is 11.0 Å². The molecule has 0 spiro atoms. The second kappa shape index (κ2) is 5.06. The van der Waals surface area contributed by atoms with Gasteiger partial charge in [0.05, 0.1) is 17.2 Å². The van der Waals surface area contributed by atoms with Crippen molar-refractivity contribution < 1.29 is 0 Å². The Balaban J connectivity index is 1.87. The number of rotatable bonds is 3. The van der Waals surface area contributed by atoms with Crippen molar-refractivity contribution in [3.05, 3.63) is 66.4 Å². The molecule has 3 aromatic rings. The van der Waals surface area contributed by atoms with Crippen LogP contribution in [0.5, 0.6) is 0 Å². The van der Waals surface area contributed by atoms with E-state index in [4.69, 9.17) is 0 Å². The van der Waals surface area contributed by atoms with Crippen LogP contribution < -0.4 is 4.90 Å². The van der Waals surface area contributed by atoms with Crippen molar-refractivity contribution >= 4 is 16.9 Å². The summed E-state index contributed by atoms with van der Waals surface area (Å²) in [5.41, 5.74) is 3.12. The number of anilines is 1. The van der Waals surface area contributed by atoms with E-state index in [0.29, 0.717) is 0 Å². The third-order valence-corrected chi connectivity index (χ3v) is 3.09. The summed E-state index contributed by atoms with van der Waals surface area (Å²) in [5, 5.41) is 0. The largest absolute Gasteiger partial charge is 0.354 e. The van der Waals surface area contributed by atoms with Gasteiger partial charge in [0.15, 0.2) is 0 Å². The lowest BCUT2D eigenvalue weighted by atomic mass is 10.2. The Bertz CT molecular complexity index is 680. The van der Waals surface area contributed by atoms with E-state index in [1.807, 2.05) is 43.6 Å². The summed E-state index contributed by atoms with van der Waals surface area (Å²) in [6, 6.07) is 18.3. The lowest BCUT2D eigenvalue weighted by Gasteiger charge is -2.18. The molecule has 0 atom stereocenters. The van der Waals surface area contributed by atoms with Gasteiger partial charge in [-0.2, -0.15) is 0 Å². The minimum absolute atomic E-state index is 0.827. The quantitative estimate of drug-likeness (QED) is 0.713. The molecule has 0 saturated carbocycles. The number of aromatic nitrogens is 2. The maximum absolute atomic E-state index is 4.63. The molecule has 1 heterocycles. The first kappa shape index (κ1) is 11.7. The maximum Gasteiger partial charge on any atom is 0.147 e. The molecule has 19 heavy (non-hydrogen) atoms. The van der Waals surface area contributed by atoms with E-state index in [1.54, 1.807) is 0 Å². The number of nitrogens with zero attached hydrogens (tertiary/aromatic N) is 3. The van der Waals surface area contributed by atoms with Crippen molar-refractivity contribution in [2.75, 3.05) is 11.9 Å². The molecule has 94 valence electrons. The third kappa shape index (κ3) is 2.55. The molecule has 3 rings (SSSR count). The Morgan fingerprint density at radius 1 is 0.895 bits per heavy atom. The molecule has 1 aromatic heterocycles. The van der Waals surface area contributed by atoms with Crippen LogP contribution in [-0.2, 0) is 6.54 Å². The highest BCUT2D eigenvalue weighted by atomic mass is 15.2. The summed E-state index contributed by atoms with van der Waals surface area (Å²) in [6.07, 6.45) is 1.82. The fourth-order valence-electron chi connectivity index (χ4n) is 2.07. The smallest absolute Gasteiger partial charge is 0.147 e. The molecule has 0 aliphatic rings. The van der Waals surface area contributed by atoms with E-state index in [-0.39, 0.29) is 0 Å². The first-order valence-corrected chi connectivity index (χ1v) is 6.30. The molecule has 0 amide bonds. The standard InChI is InChI=1S/C16H15N3/c1-19(12-13-7-3-2-4-8-13)16-11-17-14-9-5-6-10-15(14)18-16/h2-11H,12H2,1H3. The Morgan fingerprint density at radius 2 is 1.58 bits per heavy atom. The lowest BCUT2D eigenvalue weighted by molar-refractivity contribution is 0.897. The molecule has 0 aliphatic heterocycles.